The third kappa shape index (κ3) is 3.61. The lowest BCUT2D eigenvalue weighted by molar-refractivity contribution is -0.140. The molecule has 0 saturated carbocycles. The largest absolute Gasteiger partial charge is 0.507 e. The first-order valence-electron chi connectivity index (χ1n) is 8.65. The Morgan fingerprint density at radius 3 is 2.29 bits per heavy atom. The molecular weight excluding hydrogens is 365 g/mol. The molecule has 1 fully saturated rings. The van der Waals surface area contributed by atoms with E-state index in [1.54, 1.807) is 24.3 Å². The molecule has 1 heterocycles. The summed E-state index contributed by atoms with van der Waals surface area (Å²) in [7, 11) is 3.01. The van der Waals surface area contributed by atoms with E-state index >= 15 is 0 Å². The highest BCUT2D eigenvalue weighted by Gasteiger charge is 2.45. The smallest absolute Gasteiger partial charge is 0.295 e. The lowest BCUT2D eigenvalue weighted by Gasteiger charge is -2.25. The molecule has 1 unspecified atom stereocenters. The van der Waals surface area contributed by atoms with E-state index in [2.05, 4.69) is 0 Å². The van der Waals surface area contributed by atoms with E-state index in [1.165, 1.54) is 43.4 Å². The Bertz CT molecular complexity index is 905. The number of methoxy groups -OCH3 is 2. The third-order valence-corrected chi connectivity index (χ3v) is 4.63. The summed E-state index contributed by atoms with van der Waals surface area (Å²) in [4.78, 5) is 26.6. The van der Waals surface area contributed by atoms with E-state index in [4.69, 9.17) is 9.47 Å². The van der Waals surface area contributed by atoms with Gasteiger partial charge >= 0.3 is 0 Å². The van der Waals surface area contributed by atoms with Crippen LogP contribution in [0.2, 0.25) is 0 Å². The molecule has 3 rings (SSSR count). The van der Waals surface area contributed by atoms with Gasteiger partial charge in [-0.15, -0.1) is 0 Å². The number of hydrogen-bond donors (Lipinski definition) is 1. The number of likely N-dealkylation sites (tertiary alicyclic amines) is 1. The summed E-state index contributed by atoms with van der Waals surface area (Å²) in [6.07, 6.45) is 0. The standard InChI is InChI=1S/C21H20FNO5/c1-27-12-11-23-18(13-3-7-15(22)8-4-13)17(20(25)21(23)26)19(24)14-5-9-16(28-2)10-6-14/h3-10,18,24H,11-12H2,1-2H3. The van der Waals surface area contributed by atoms with E-state index in [0.29, 0.717) is 16.9 Å². The Morgan fingerprint density at radius 2 is 1.71 bits per heavy atom. The van der Waals surface area contributed by atoms with Gasteiger partial charge in [-0.3, -0.25) is 9.59 Å². The molecule has 1 N–H and O–H groups in total. The van der Waals surface area contributed by atoms with Crippen molar-refractivity contribution in [2.24, 2.45) is 0 Å². The fraction of sp³-hybridized carbons (Fsp3) is 0.238. The predicted octanol–water partition coefficient (Wildman–Crippen LogP) is 2.90. The zero-order valence-corrected chi connectivity index (χ0v) is 15.5. The van der Waals surface area contributed by atoms with E-state index in [-0.39, 0.29) is 24.5 Å². The lowest BCUT2D eigenvalue weighted by Crippen LogP contribution is -2.32. The van der Waals surface area contributed by atoms with Gasteiger partial charge < -0.3 is 19.5 Å². The van der Waals surface area contributed by atoms with Crippen molar-refractivity contribution in [1.29, 1.82) is 0 Å². The number of amides is 1. The second-order valence-corrected chi connectivity index (χ2v) is 6.27. The maximum atomic E-state index is 13.4. The van der Waals surface area contributed by atoms with Crippen LogP contribution in [0.1, 0.15) is 17.2 Å². The minimum absolute atomic E-state index is 0.0436. The number of carbonyl (C=O) groups is 2. The number of aliphatic hydroxyl groups excluding tert-OH is 1. The van der Waals surface area contributed by atoms with Crippen LogP contribution in [0.25, 0.3) is 5.76 Å². The number of aliphatic hydroxyl groups is 1. The molecule has 28 heavy (non-hydrogen) atoms. The third-order valence-electron chi connectivity index (χ3n) is 4.63. The van der Waals surface area contributed by atoms with E-state index in [9.17, 15) is 19.1 Å². The Morgan fingerprint density at radius 1 is 1.07 bits per heavy atom. The van der Waals surface area contributed by atoms with Gasteiger partial charge in [0.25, 0.3) is 11.7 Å². The zero-order valence-electron chi connectivity index (χ0n) is 15.5. The number of Topliss-reactive ketones (excluding diaryl/α,β-unsaturated/α-hetero) is 1. The van der Waals surface area contributed by atoms with Crippen LogP contribution in [0.15, 0.2) is 54.1 Å². The molecular formula is C21H20FNO5. The Kier molecular flexibility index (Phi) is 5.75. The fourth-order valence-electron chi connectivity index (χ4n) is 3.20. The van der Waals surface area contributed by atoms with Crippen molar-refractivity contribution in [3.8, 4) is 5.75 Å². The molecule has 146 valence electrons. The van der Waals surface area contributed by atoms with E-state index < -0.39 is 23.5 Å². The average molecular weight is 385 g/mol. The molecule has 7 heteroatoms. The second kappa shape index (κ2) is 8.22. The van der Waals surface area contributed by atoms with Crippen molar-refractivity contribution < 1.29 is 28.6 Å². The number of carbonyl (C=O) groups excluding carboxylic acids is 2. The number of ether oxygens (including phenoxy) is 2. The van der Waals surface area contributed by atoms with Crippen LogP contribution in [0.5, 0.6) is 5.75 Å². The molecule has 2 aromatic rings. The minimum Gasteiger partial charge on any atom is -0.507 e. The first-order valence-corrected chi connectivity index (χ1v) is 8.65. The zero-order chi connectivity index (χ0) is 20.3. The van der Waals surface area contributed by atoms with Gasteiger partial charge in [0, 0.05) is 19.2 Å². The van der Waals surface area contributed by atoms with E-state index in [0.717, 1.165) is 0 Å². The summed E-state index contributed by atoms with van der Waals surface area (Å²) in [5, 5.41) is 10.8. The lowest BCUT2D eigenvalue weighted by atomic mass is 9.95. The second-order valence-electron chi connectivity index (χ2n) is 6.27. The number of hydrogen-bond acceptors (Lipinski definition) is 5. The average Bonchev–Trinajstić information content (AvgIpc) is 2.97. The Hall–Kier alpha value is -3.19. The van der Waals surface area contributed by atoms with Crippen LogP contribution in [0, 0.1) is 5.82 Å². The molecule has 1 aliphatic heterocycles. The first-order chi connectivity index (χ1) is 13.5. The quantitative estimate of drug-likeness (QED) is 0.470. The van der Waals surface area contributed by atoms with Gasteiger partial charge in [0.15, 0.2) is 0 Å². The van der Waals surface area contributed by atoms with Crippen LogP contribution >= 0.6 is 0 Å². The molecule has 0 bridgehead atoms. The monoisotopic (exact) mass is 385 g/mol. The van der Waals surface area contributed by atoms with Gasteiger partial charge in [-0.2, -0.15) is 0 Å². The number of rotatable bonds is 6. The maximum absolute atomic E-state index is 13.4. The van der Waals surface area contributed by atoms with Gasteiger partial charge in [0.2, 0.25) is 0 Å². The van der Waals surface area contributed by atoms with E-state index in [1.807, 2.05) is 0 Å². The summed E-state index contributed by atoms with van der Waals surface area (Å²) in [6, 6.07) is 11.1. The normalized spacial score (nSPS) is 18.5. The summed E-state index contributed by atoms with van der Waals surface area (Å²) in [5.74, 6) is -1.67. The molecule has 0 aliphatic carbocycles. The molecule has 6 nitrogen and oxygen atoms in total. The Labute approximate surface area is 161 Å². The first kappa shape index (κ1) is 19.6. The highest BCUT2D eigenvalue weighted by molar-refractivity contribution is 6.46. The minimum atomic E-state index is -0.835. The van der Waals surface area contributed by atoms with Crippen LogP contribution < -0.4 is 4.74 Å². The molecule has 1 saturated heterocycles. The van der Waals surface area contributed by atoms with Gasteiger partial charge in [-0.1, -0.05) is 12.1 Å². The fourth-order valence-corrected chi connectivity index (χ4v) is 3.20. The summed E-state index contributed by atoms with van der Waals surface area (Å²) in [5.41, 5.74) is 0.849. The van der Waals surface area contributed by atoms with Gasteiger partial charge in [-0.05, 0) is 42.0 Å². The van der Waals surface area contributed by atoms with Crippen molar-refractivity contribution in [3.05, 3.63) is 71.0 Å². The topological polar surface area (TPSA) is 76.1 Å². The molecule has 1 aliphatic rings. The molecule has 1 atom stereocenters. The van der Waals surface area contributed by atoms with Crippen LogP contribution in [-0.4, -0.2) is 49.1 Å². The van der Waals surface area contributed by atoms with Crippen molar-refractivity contribution in [1.82, 2.24) is 4.90 Å². The van der Waals surface area contributed by atoms with Crippen molar-refractivity contribution in [2.75, 3.05) is 27.4 Å². The summed E-state index contributed by atoms with van der Waals surface area (Å²) >= 11 is 0. The maximum Gasteiger partial charge on any atom is 0.295 e. The molecule has 0 aromatic heterocycles. The van der Waals surface area contributed by atoms with Crippen LogP contribution in [0.3, 0.4) is 0 Å². The number of nitrogens with zero attached hydrogens (tertiary/aromatic N) is 1. The molecule has 1 amide bonds. The predicted molar refractivity (Wildman–Crippen MR) is 100 cm³/mol. The molecule has 0 radical (unpaired) electrons. The SMILES string of the molecule is COCCN1C(=O)C(=O)C(=C(O)c2ccc(OC)cc2)C1c1ccc(F)cc1. The van der Waals surface area contributed by atoms with Gasteiger partial charge in [0.1, 0.15) is 17.3 Å². The highest BCUT2D eigenvalue weighted by Crippen LogP contribution is 2.39. The number of halogens is 1. The number of benzene rings is 2. The van der Waals surface area contributed by atoms with Gasteiger partial charge in [0.05, 0.1) is 25.3 Å². The molecule has 0 spiro atoms. The van der Waals surface area contributed by atoms with Crippen LogP contribution in [0.4, 0.5) is 4.39 Å². The molecule has 2 aromatic carbocycles. The van der Waals surface area contributed by atoms with Crippen molar-refractivity contribution >= 4 is 17.4 Å². The number of ketones is 1. The van der Waals surface area contributed by atoms with Gasteiger partial charge in [-0.25, -0.2) is 4.39 Å². The van der Waals surface area contributed by atoms with Crippen molar-refractivity contribution in [3.63, 3.8) is 0 Å². The highest BCUT2D eigenvalue weighted by atomic mass is 19.1. The van der Waals surface area contributed by atoms with Crippen LogP contribution in [-0.2, 0) is 14.3 Å². The Balaban J connectivity index is 2.12. The summed E-state index contributed by atoms with van der Waals surface area (Å²) < 4.78 is 23.5. The van der Waals surface area contributed by atoms with Crippen molar-refractivity contribution in [2.45, 2.75) is 6.04 Å². The summed E-state index contributed by atoms with van der Waals surface area (Å²) in [6.45, 7) is 0.371.